The van der Waals surface area contributed by atoms with E-state index in [0.717, 1.165) is 17.1 Å². The zero-order chi connectivity index (χ0) is 27.1. The van der Waals surface area contributed by atoms with Gasteiger partial charge >= 0.3 is 0 Å². The standard InChI is InChI=1S/C29H35N5O4/c1-21(2)19-34(29(36)22-8-6-5-7-9-22)20-28(35)33-16-14-32(15-17-33)27-13-11-24(30-31-27)23-10-12-25(37-3)26(18-23)38-4/h5-13,18,21H,14-17,19-20H2,1-4H3. The van der Waals surface area contributed by atoms with E-state index in [1.54, 1.807) is 31.3 Å². The van der Waals surface area contributed by atoms with E-state index < -0.39 is 0 Å². The first-order valence-electron chi connectivity index (χ1n) is 12.8. The Morgan fingerprint density at radius 1 is 0.895 bits per heavy atom. The van der Waals surface area contributed by atoms with Gasteiger partial charge in [-0.25, -0.2) is 0 Å². The summed E-state index contributed by atoms with van der Waals surface area (Å²) >= 11 is 0. The molecule has 200 valence electrons. The molecule has 9 heteroatoms. The summed E-state index contributed by atoms with van der Waals surface area (Å²) in [6, 6.07) is 18.6. The summed E-state index contributed by atoms with van der Waals surface area (Å²) in [5.41, 5.74) is 2.21. The van der Waals surface area contributed by atoms with Gasteiger partial charge in [0, 0.05) is 43.9 Å². The number of anilines is 1. The number of ether oxygens (including phenoxy) is 2. The van der Waals surface area contributed by atoms with Crippen LogP contribution in [-0.2, 0) is 4.79 Å². The monoisotopic (exact) mass is 517 g/mol. The summed E-state index contributed by atoms with van der Waals surface area (Å²) in [6.45, 7) is 7.12. The molecule has 0 N–H and O–H groups in total. The zero-order valence-corrected chi connectivity index (χ0v) is 22.5. The third-order valence-corrected chi connectivity index (χ3v) is 6.51. The average molecular weight is 518 g/mol. The molecule has 1 aliphatic rings. The van der Waals surface area contributed by atoms with Gasteiger partial charge in [0.15, 0.2) is 17.3 Å². The number of amides is 2. The SMILES string of the molecule is COc1ccc(-c2ccc(N3CCN(C(=O)CN(CC(C)C)C(=O)c4ccccc4)CC3)nn2)cc1OC. The molecule has 0 bridgehead atoms. The minimum atomic E-state index is -0.115. The predicted octanol–water partition coefficient (Wildman–Crippen LogP) is 3.61. The quantitative estimate of drug-likeness (QED) is 0.429. The lowest BCUT2D eigenvalue weighted by Gasteiger charge is -2.36. The first-order valence-corrected chi connectivity index (χ1v) is 12.8. The van der Waals surface area contributed by atoms with Crippen LogP contribution in [0.4, 0.5) is 5.82 Å². The Morgan fingerprint density at radius 3 is 2.21 bits per heavy atom. The molecular weight excluding hydrogens is 482 g/mol. The van der Waals surface area contributed by atoms with Crippen LogP contribution in [0.25, 0.3) is 11.3 Å². The smallest absolute Gasteiger partial charge is 0.254 e. The molecule has 1 saturated heterocycles. The van der Waals surface area contributed by atoms with E-state index in [9.17, 15) is 9.59 Å². The Hall–Kier alpha value is -4.14. The molecule has 1 fully saturated rings. The van der Waals surface area contributed by atoms with Crippen molar-refractivity contribution in [3.63, 3.8) is 0 Å². The number of nitrogens with zero attached hydrogens (tertiary/aromatic N) is 5. The van der Waals surface area contributed by atoms with Gasteiger partial charge in [-0.15, -0.1) is 10.2 Å². The van der Waals surface area contributed by atoms with Crippen molar-refractivity contribution in [1.29, 1.82) is 0 Å². The van der Waals surface area contributed by atoms with E-state index >= 15 is 0 Å². The lowest BCUT2D eigenvalue weighted by atomic mass is 10.1. The van der Waals surface area contributed by atoms with Crippen LogP contribution >= 0.6 is 0 Å². The highest BCUT2D eigenvalue weighted by Gasteiger charge is 2.26. The largest absolute Gasteiger partial charge is 0.493 e. The van der Waals surface area contributed by atoms with Gasteiger partial charge in [-0.2, -0.15) is 0 Å². The molecule has 0 atom stereocenters. The second-order valence-electron chi connectivity index (χ2n) is 9.66. The van der Waals surface area contributed by atoms with Gasteiger partial charge in [0.05, 0.1) is 19.9 Å². The molecule has 0 unspecified atom stereocenters. The number of benzene rings is 2. The summed E-state index contributed by atoms with van der Waals surface area (Å²) in [6.07, 6.45) is 0. The summed E-state index contributed by atoms with van der Waals surface area (Å²) in [7, 11) is 3.20. The van der Waals surface area contributed by atoms with Crippen molar-refractivity contribution in [2.75, 3.05) is 58.4 Å². The molecule has 0 aliphatic carbocycles. The van der Waals surface area contributed by atoms with E-state index in [-0.39, 0.29) is 24.3 Å². The van der Waals surface area contributed by atoms with Crippen molar-refractivity contribution in [1.82, 2.24) is 20.0 Å². The van der Waals surface area contributed by atoms with Gasteiger partial charge in [0.25, 0.3) is 5.91 Å². The summed E-state index contributed by atoms with van der Waals surface area (Å²) < 4.78 is 10.7. The number of hydrogen-bond acceptors (Lipinski definition) is 7. The average Bonchev–Trinajstić information content (AvgIpc) is 2.96. The van der Waals surface area contributed by atoms with E-state index in [1.807, 2.05) is 67.3 Å². The lowest BCUT2D eigenvalue weighted by Crippen LogP contribution is -2.52. The van der Waals surface area contributed by atoms with Crippen molar-refractivity contribution >= 4 is 17.6 Å². The molecule has 9 nitrogen and oxygen atoms in total. The Morgan fingerprint density at radius 2 is 1.61 bits per heavy atom. The Labute approximate surface area is 224 Å². The molecule has 2 aromatic carbocycles. The molecule has 1 aliphatic heterocycles. The van der Waals surface area contributed by atoms with Gasteiger partial charge in [-0.1, -0.05) is 32.0 Å². The van der Waals surface area contributed by atoms with Gasteiger partial charge in [0.1, 0.15) is 6.54 Å². The van der Waals surface area contributed by atoms with E-state index in [4.69, 9.17) is 9.47 Å². The molecule has 4 rings (SSSR count). The number of aromatic nitrogens is 2. The number of piperazine rings is 1. The minimum Gasteiger partial charge on any atom is -0.493 e. The van der Waals surface area contributed by atoms with Crippen LogP contribution in [0.1, 0.15) is 24.2 Å². The van der Waals surface area contributed by atoms with Crippen LogP contribution in [0, 0.1) is 5.92 Å². The highest BCUT2D eigenvalue weighted by molar-refractivity contribution is 5.96. The molecule has 38 heavy (non-hydrogen) atoms. The first-order chi connectivity index (χ1) is 18.4. The van der Waals surface area contributed by atoms with Crippen molar-refractivity contribution in [2.45, 2.75) is 13.8 Å². The van der Waals surface area contributed by atoms with Gasteiger partial charge in [0.2, 0.25) is 5.91 Å². The van der Waals surface area contributed by atoms with Crippen LogP contribution in [0.15, 0.2) is 60.7 Å². The Bertz CT molecular complexity index is 1230. The lowest BCUT2D eigenvalue weighted by molar-refractivity contribution is -0.132. The summed E-state index contributed by atoms with van der Waals surface area (Å²) in [5.74, 6) is 2.16. The van der Waals surface area contributed by atoms with Crippen molar-refractivity contribution in [2.24, 2.45) is 5.92 Å². The van der Waals surface area contributed by atoms with E-state index in [1.165, 1.54) is 0 Å². The first kappa shape index (κ1) is 26.9. The Balaban J connectivity index is 1.35. The number of carbonyl (C=O) groups is 2. The molecule has 1 aromatic heterocycles. The number of rotatable bonds is 9. The van der Waals surface area contributed by atoms with Gasteiger partial charge < -0.3 is 24.2 Å². The zero-order valence-electron chi connectivity index (χ0n) is 22.5. The minimum absolute atomic E-state index is 0.0375. The molecule has 0 radical (unpaired) electrons. The second kappa shape index (κ2) is 12.4. The van der Waals surface area contributed by atoms with Crippen LogP contribution in [0.3, 0.4) is 0 Å². The maximum absolute atomic E-state index is 13.1. The number of hydrogen-bond donors (Lipinski definition) is 0. The molecular formula is C29H35N5O4. The fraction of sp³-hybridized carbons (Fsp3) is 0.379. The third-order valence-electron chi connectivity index (χ3n) is 6.51. The molecule has 3 aromatic rings. The number of methoxy groups -OCH3 is 2. The third kappa shape index (κ3) is 6.40. The second-order valence-corrected chi connectivity index (χ2v) is 9.66. The fourth-order valence-corrected chi connectivity index (χ4v) is 4.51. The topological polar surface area (TPSA) is 88.1 Å². The van der Waals surface area contributed by atoms with Gasteiger partial charge in [-0.05, 0) is 48.4 Å². The van der Waals surface area contributed by atoms with Gasteiger partial charge in [-0.3, -0.25) is 9.59 Å². The molecule has 2 heterocycles. The predicted molar refractivity (Wildman–Crippen MR) is 147 cm³/mol. The fourth-order valence-electron chi connectivity index (χ4n) is 4.51. The van der Waals surface area contributed by atoms with Crippen LogP contribution in [0.2, 0.25) is 0 Å². The van der Waals surface area contributed by atoms with Crippen LogP contribution in [0.5, 0.6) is 11.5 Å². The maximum Gasteiger partial charge on any atom is 0.254 e. The molecule has 0 spiro atoms. The molecule has 2 amide bonds. The van der Waals surface area contributed by atoms with Crippen LogP contribution in [-0.4, -0.2) is 85.3 Å². The molecule has 0 saturated carbocycles. The Kier molecular flexibility index (Phi) is 8.78. The van der Waals surface area contributed by atoms with Crippen molar-refractivity contribution in [3.05, 3.63) is 66.2 Å². The summed E-state index contributed by atoms with van der Waals surface area (Å²) in [5, 5.41) is 8.84. The van der Waals surface area contributed by atoms with Crippen LogP contribution < -0.4 is 14.4 Å². The highest BCUT2D eigenvalue weighted by Crippen LogP contribution is 2.31. The summed E-state index contributed by atoms with van der Waals surface area (Å²) in [4.78, 5) is 31.8. The van der Waals surface area contributed by atoms with Crippen molar-refractivity contribution in [3.8, 4) is 22.8 Å². The van der Waals surface area contributed by atoms with E-state index in [2.05, 4.69) is 15.1 Å². The number of carbonyl (C=O) groups excluding carboxylic acids is 2. The normalized spacial score (nSPS) is 13.4. The maximum atomic E-state index is 13.1. The van der Waals surface area contributed by atoms with E-state index in [0.29, 0.717) is 49.8 Å². The van der Waals surface area contributed by atoms with Crippen molar-refractivity contribution < 1.29 is 19.1 Å². The highest BCUT2D eigenvalue weighted by atomic mass is 16.5.